The zero-order valence-electron chi connectivity index (χ0n) is 12.7. The number of likely N-dealkylation sites (N-methyl/N-ethyl adjacent to an activating group) is 1. The Kier molecular flexibility index (Phi) is 9.99. The number of ether oxygens (including phenoxy) is 1. The SMILES string of the molecule is CC(C)NC(N)=NCCN(C)C(=O)OC(C)(C)C.I. The van der Waals surface area contributed by atoms with Gasteiger partial charge in [-0.1, -0.05) is 0 Å². The highest BCUT2D eigenvalue weighted by Gasteiger charge is 2.18. The van der Waals surface area contributed by atoms with Gasteiger partial charge in [0.25, 0.3) is 0 Å². The van der Waals surface area contributed by atoms with Crippen molar-refractivity contribution in [1.82, 2.24) is 10.2 Å². The molecule has 6 nitrogen and oxygen atoms in total. The number of nitrogens with zero attached hydrogens (tertiary/aromatic N) is 2. The number of nitrogens with one attached hydrogen (secondary N) is 1. The van der Waals surface area contributed by atoms with Gasteiger partial charge in [-0.25, -0.2) is 4.79 Å². The van der Waals surface area contributed by atoms with Gasteiger partial charge >= 0.3 is 6.09 Å². The number of hydrogen-bond donors (Lipinski definition) is 2. The quantitative estimate of drug-likeness (QED) is 0.439. The van der Waals surface area contributed by atoms with Crippen LogP contribution in [0.15, 0.2) is 4.99 Å². The maximum atomic E-state index is 11.6. The lowest BCUT2D eigenvalue weighted by Gasteiger charge is -2.24. The summed E-state index contributed by atoms with van der Waals surface area (Å²) in [5.74, 6) is 0.391. The molecule has 0 aromatic rings. The first-order valence-corrected chi connectivity index (χ1v) is 6.12. The zero-order valence-corrected chi connectivity index (χ0v) is 15.0. The molecule has 0 bridgehead atoms. The van der Waals surface area contributed by atoms with Crippen LogP contribution in [0.1, 0.15) is 34.6 Å². The Balaban J connectivity index is 0. The van der Waals surface area contributed by atoms with Crippen LogP contribution >= 0.6 is 24.0 Å². The average Bonchev–Trinajstić information content (AvgIpc) is 2.13. The summed E-state index contributed by atoms with van der Waals surface area (Å²) in [5.41, 5.74) is 5.16. The molecule has 0 atom stereocenters. The van der Waals surface area contributed by atoms with Crippen molar-refractivity contribution in [3.05, 3.63) is 0 Å². The number of guanidine groups is 1. The van der Waals surface area contributed by atoms with Crippen molar-refractivity contribution in [2.24, 2.45) is 10.7 Å². The second-order valence-electron chi connectivity index (χ2n) is 5.47. The molecule has 3 N–H and O–H groups in total. The van der Waals surface area contributed by atoms with E-state index in [-0.39, 0.29) is 36.1 Å². The average molecular weight is 386 g/mol. The van der Waals surface area contributed by atoms with E-state index in [1.54, 1.807) is 7.05 Å². The third kappa shape index (κ3) is 12.1. The molecule has 1 amide bonds. The van der Waals surface area contributed by atoms with Gasteiger partial charge < -0.3 is 20.7 Å². The van der Waals surface area contributed by atoms with E-state index in [0.29, 0.717) is 19.0 Å². The van der Waals surface area contributed by atoms with Gasteiger partial charge in [-0.05, 0) is 34.6 Å². The summed E-state index contributed by atoms with van der Waals surface area (Å²) in [6.45, 7) is 10.4. The van der Waals surface area contributed by atoms with Gasteiger partial charge in [0, 0.05) is 19.6 Å². The van der Waals surface area contributed by atoms with Crippen molar-refractivity contribution in [3.63, 3.8) is 0 Å². The van der Waals surface area contributed by atoms with Gasteiger partial charge in [-0.2, -0.15) is 0 Å². The Morgan fingerprint density at radius 2 is 1.95 bits per heavy atom. The summed E-state index contributed by atoms with van der Waals surface area (Å²) >= 11 is 0. The van der Waals surface area contributed by atoms with E-state index in [4.69, 9.17) is 10.5 Å². The van der Waals surface area contributed by atoms with Gasteiger partial charge in [-0.3, -0.25) is 4.99 Å². The summed E-state index contributed by atoms with van der Waals surface area (Å²) in [4.78, 5) is 17.2. The first kappa shape index (κ1) is 20.6. The van der Waals surface area contributed by atoms with Crippen molar-refractivity contribution in [1.29, 1.82) is 0 Å². The standard InChI is InChI=1S/C12H26N4O2.HI/c1-9(2)15-10(13)14-7-8-16(6)11(17)18-12(3,4)5;/h9H,7-8H2,1-6H3,(H3,13,14,15);1H. The Morgan fingerprint density at radius 3 is 2.37 bits per heavy atom. The molecule has 0 aliphatic rings. The number of hydrogen-bond acceptors (Lipinski definition) is 3. The monoisotopic (exact) mass is 386 g/mol. The largest absolute Gasteiger partial charge is 0.444 e. The third-order valence-electron chi connectivity index (χ3n) is 1.86. The van der Waals surface area contributed by atoms with Gasteiger partial charge in [0.15, 0.2) is 5.96 Å². The second-order valence-corrected chi connectivity index (χ2v) is 5.47. The number of rotatable bonds is 4. The van der Waals surface area contributed by atoms with Crippen LogP contribution in [0.25, 0.3) is 0 Å². The van der Waals surface area contributed by atoms with Crippen molar-refractivity contribution >= 4 is 36.0 Å². The molecule has 0 rings (SSSR count). The van der Waals surface area contributed by atoms with Crippen molar-refractivity contribution < 1.29 is 9.53 Å². The van der Waals surface area contributed by atoms with Crippen LogP contribution in [0.5, 0.6) is 0 Å². The number of carbonyl (C=O) groups is 1. The fourth-order valence-corrected chi connectivity index (χ4v) is 1.09. The van der Waals surface area contributed by atoms with E-state index >= 15 is 0 Å². The molecular formula is C12H27IN4O2. The number of aliphatic imine (C=N–C) groups is 1. The predicted octanol–water partition coefficient (Wildman–Crippen LogP) is 1.78. The number of carbonyl (C=O) groups excluding carboxylic acids is 1. The van der Waals surface area contributed by atoms with Crippen molar-refractivity contribution in [3.8, 4) is 0 Å². The lowest BCUT2D eigenvalue weighted by atomic mass is 10.2. The highest BCUT2D eigenvalue weighted by Crippen LogP contribution is 2.08. The lowest BCUT2D eigenvalue weighted by Crippen LogP contribution is -2.38. The fraction of sp³-hybridized carbons (Fsp3) is 0.833. The topological polar surface area (TPSA) is 80.0 Å². The minimum atomic E-state index is -0.479. The normalized spacial score (nSPS) is 11.8. The number of amides is 1. The fourth-order valence-electron chi connectivity index (χ4n) is 1.09. The molecule has 7 heteroatoms. The van der Waals surface area contributed by atoms with E-state index in [1.165, 1.54) is 4.90 Å². The van der Waals surface area contributed by atoms with Crippen molar-refractivity contribution in [2.45, 2.75) is 46.3 Å². The molecule has 0 heterocycles. The van der Waals surface area contributed by atoms with Crippen molar-refractivity contribution in [2.75, 3.05) is 20.1 Å². The van der Waals surface area contributed by atoms with Crippen LogP contribution < -0.4 is 11.1 Å². The molecular weight excluding hydrogens is 359 g/mol. The summed E-state index contributed by atoms with van der Waals surface area (Å²) in [6, 6.07) is 0.248. The van der Waals surface area contributed by atoms with Gasteiger partial charge in [0.1, 0.15) is 5.60 Å². The summed E-state index contributed by atoms with van der Waals surface area (Å²) < 4.78 is 5.21. The third-order valence-corrected chi connectivity index (χ3v) is 1.86. The highest BCUT2D eigenvalue weighted by atomic mass is 127. The first-order valence-electron chi connectivity index (χ1n) is 6.12. The van der Waals surface area contributed by atoms with Gasteiger partial charge in [0.2, 0.25) is 0 Å². The van der Waals surface area contributed by atoms with E-state index in [2.05, 4.69) is 10.3 Å². The Labute approximate surface area is 133 Å². The summed E-state index contributed by atoms with van der Waals surface area (Å²) in [6.07, 6.45) is -0.354. The molecule has 0 aromatic heterocycles. The Hall–Kier alpha value is -0.730. The van der Waals surface area contributed by atoms with E-state index in [9.17, 15) is 4.79 Å². The Morgan fingerprint density at radius 1 is 1.42 bits per heavy atom. The molecule has 114 valence electrons. The van der Waals surface area contributed by atoms with Gasteiger partial charge in [0.05, 0.1) is 6.54 Å². The molecule has 0 unspecified atom stereocenters. The molecule has 0 saturated heterocycles. The molecule has 0 fully saturated rings. The Bertz CT molecular complexity index is 301. The molecule has 19 heavy (non-hydrogen) atoms. The van der Waals surface area contributed by atoms with E-state index < -0.39 is 5.60 Å². The maximum absolute atomic E-state index is 11.6. The minimum Gasteiger partial charge on any atom is -0.444 e. The van der Waals surface area contributed by atoms with Crippen LogP contribution in [0.4, 0.5) is 4.79 Å². The molecule has 0 aromatic carbocycles. The van der Waals surface area contributed by atoms with Crippen LogP contribution in [-0.2, 0) is 4.74 Å². The van der Waals surface area contributed by atoms with E-state index in [0.717, 1.165) is 0 Å². The van der Waals surface area contributed by atoms with Crippen LogP contribution in [-0.4, -0.2) is 48.7 Å². The molecule has 0 spiro atoms. The predicted molar refractivity (Wildman–Crippen MR) is 89.0 cm³/mol. The van der Waals surface area contributed by atoms with Crippen LogP contribution in [0, 0.1) is 0 Å². The second kappa shape index (κ2) is 9.22. The minimum absolute atomic E-state index is 0. The van der Waals surface area contributed by atoms with Gasteiger partial charge in [-0.15, -0.1) is 24.0 Å². The number of nitrogens with two attached hydrogens (primary N) is 1. The van der Waals surface area contributed by atoms with E-state index in [1.807, 2.05) is 34.6 Å². The summed E-state index contributed by atoms with van der Waals surface area (Å²) in [7, 11) is 1.68. The van der Waals surface area contributed by atoms with Crippen LogP contribution in [0.2, 0.25) is 0 Å². The molecule has 0 aliphatic heterocycles. The van der Waals surface area contributed by atoms with Crippen LogP contribution in [0.3, 0.4) is 0 Å². The zero-order chi connectivity index (χ0) is 14.3. The molecule has 0 saturated carbocycles. The first-order chi connectivity index (χ1) is 8.11. The molecule has 0 aliphatic carbocycles. The number of halogens is 1. The molecule has 0 radical (unpaired) electrons. The smallest absolute Gasteiger partial charge is 0.410 e. The lowest BCUT2D eigenvalue weighted by molar-refractivity contribution is 0.0304. The maximum Gasteiger partial charge on any atom is 0.410 e. The summed E-state index contributed by atoms with van der Waals surface area (Å²) in [5, 5.41) is 2.98. The highest BCUT2D eigenvalue weighted by molar-refractivity contribution is 14.0.